The van der Waals surface area contributed by atoms with Gasteiger partial charge in [-0.15, -0.1) is 0 Å². The molecule has 0 aromatic heterocycles. The molecule has 8 heteroatoms. The zero-order chi connectivity index (χ0) is 24.8. The lowest BCUT2D eigenvalue weighted by molar-refractivity contribution is 0.0310. The third-order valence-corrected chi connectivity index (χ3v) is 8.87. The van der Waals surface area contributed by atoms with Crippen LogP contribution in [0.5, 0.6) is 5.75 Å². The summed E-state index contributed by atoms with van der Waals surface area (Å²) in [5.74, 6) is 0.362. The van der Waals surface area contributed by atoms with Crippen LogP contribution < -0.4 is 9.64 Å². The van der Waals surface area contributed by atoms with Crippen LogP contribution in [0.1, 0.15) is 51.5 Å². The minimum atomic E-state index is -3.73. The first-order chi connectivity index (χ1) is 16.9. The molecule has 1 fully saturated rings. The number of aliphatic hydroxyl groups excluding tert-OH is 1. The summed E-state index contributed by atoms with van der Waals surface area (Å²) in [6.45, 7) is 6.38. The minimum Gasteiger partial charge on any atom is -0.485 e. The maximum atomic E-state index is 13.8. The van der Waals surface area contributed by atoms with Gasteiger partial charge in [-0.05, 0) is 37.5 Å². The summed E-state index contributed by atoms with van der Waals surface area (Å²) in [7, 11) is -3.73. The number of sulfonamides is 1. The van der Waals surface area contributed by atoms with Crippen molar-refractivity contribution in [3.63, 3.8) is 0 Å². The van der Waals surface area contributed by atoms with E-state index in [4.69, 9.17) is 9.47 Å². The second kappa shape index (κ2) is 11.7. The molecule has 2 aliphatic rings. The Labute approximate surface area is 209 Å². The Bertz CT molecular complexity index is 1060. The molecule has 35 heavy (non-hydrogen) atoms. The van der Waals surface area contributed by atoms with E-state index in [0.717, 1.165) is 43.5 Å². The van der Waals surface area contributed by atoms with E-state index >= 15 is 0 Å². The molecule has 192 valence electrons. The van der Waals surface area contributed by atoms with Crippen molar-refractivity contribution in [2.75, 3.05) is 31.1 Å². The standard InChI is InChI=1S/C27H38N2O5S/c1-3-4-6-9-21(2)29-18-25(20-33-19-22-10-7-5-8-11-22)34-26-16-23(28-15-14-24(30)17-28)12-13-27(26)35(29,31)32/h5,7-8,10-13,16,21,24-25,30H,3-4,6,9,14-15,17-20H2,1-2H3/t21-,24+,25+/m1/s1. The molecule has 1 saturated heterocycles. The van der Waals surface area contributed by atoms with E-state index in [1.807, 2.05) is 43.3 Å². The van der Waals surface area contributed by atoms with E-state index in [9.17, 15) is 13.5 Å². The number of ether oxygens (including phenoxy) is 2. The van der Waals surface area contributed by atoms with Gasteiger partial charge in [0.05, 0.1) is 25.9 Å². The monoisotopic (exact) mass is 502 g/mol. The topological polar surface area (TPSA) is 79.3 Å². The summed E-state index contributed by atoms with van der Waals surface area (Å²) >= 11 is 0. The fourth-order valence-corrected chi connectivity index (χ4v) is 6.63. The quantitative estimate of drug-likeness (QED) is 0.491. The highest BCUT2D eigenvalue weighted by Crippen LogP contribution is 2.36. The second-order valence-corrected chi connectivity index (χ2v) is 11.5. The van der Waals surface area contributed by atoms with Crippen molar-refractivity contribution in [2.24, 2.45) is 0 Å². The molecule has 0 spiro atoms. The Kier molecular flexibility index (Phi) is 8.70. The first-order valence-corrected chi connectivity index (χ1v) is 14.2. The van der Waals surface area contributed by atoms with Crippen molar-refractivity contribution in [3.05, 3.63) is 54.1 Å². The van der Waals surface area contributed by atoms with Crippen LogP contribution in [0.25, 0.3) is 0 Å². The molecule has 0 unspecified atom stereocenters. The Morgan fingerprint density at radius 3 is 2.66 bits per heavy atom. The van der Waals surface area contributed by atoms with Gasteiger partial charge in [-0.1, -0.05) is 56.5 Å². The summed E-state index contributed by atoms with van der Waals surface area (Å²) in [6, 6.07) is 15.1. The molecule has 2 aliphatic heterocycles. The second-order valence-electron chi connectivity index (χ2n) is 9.68. The van der Waals surface area contributed by atoms with Gasteiger partial charge < -0.3 is 19.5 Å². The highest BCUT2D eigenvalue weighted by Gasteiger charge is 2.38. The molecule has 3 atom stereocenters. The number of unbranched alkanes of at least 4 members (excludes halogenated alkanes) is 2. The largest absolute Gasteiger partial charge is 0.485 e. The normalized spacial score (nSPS) is 22.9. The van der Waals surface area contributed by atoms with Crippen LogP contribution in [0, 0.1) is 0 Å². The van der Waals surface area contributed by atoms with Crippen LogP contribution in [0.4, 0.5) is 5.69 Å². The molecule has 0 saturated carbocycles. The summed E-state index contributed by atoms with van der Waals surface area (Å²) in [4.78, 5) is 2.27. The zero-order valence-electron chi connectivity index (χ0n) is 20.8. The summed E-state index contributed by atoms with van der Waals surface area (Å²) in [5.41, 5.74) is 1.93. The molecular weight excluding hydrogens is 464 g/mol. The van der Waals surface area contributed by atoms with Crippen molar-refractivity contribution >= 4 is 15.7 Å². The lowest BCUT2D eigenvalue weighted by Crippen LogP contribution is -2.44. The van der Waals surface area contributed by atoms with Crippen LogP contribution in [0.15, 0.2) is 53.4 Å². The lowest BCUT2D eigenvalue weighted by Gasteiger charge is -2.28. The summed E-state index contributed by atoms with van der Waals surface area (Å²) in [6.07, 6.45) is 3.89. The smallest absolute Gasteiger partial charge is 0.247 e. The van der Waals surface area contributed by atoms with Gasteiger partial charge in [-0.2, -0.15) is 4.31 Å². The maximum absolute atomic E-state index is 13.8. The van der Waals surface area contributed by atoms with E-state index in [0.29, 0.717) is 25.3 Å². The molecule has 2 heterocycles. The fraction of sp³-hybridized carbons (Fsp3) is 0.556. The average molecular weight is 503 g/mol. The maximum Gasteiger partial charge on any atom is 0.247 e. The zero-order valence-corrected chi connectivity index (χ0v) is 21.6. The number of β-amino-alcohol motifs (C(OH)–C–C–N with tert-alkyl or cyclic N) is 1. The van der Waals surface area contributed by atoms with E-state index in [-0.39, 0.29) is 30.2 Å². The van der Waals surface area contributed by atoms with Crippen molar-refractivity contribution in [2.45, 2.75) is 75.7 Å². The predicted molar refractivity (Wildman–Crippen MR) is 137 cm³/mol. The molecule has 0 bridgehead atoms. The van der Waals surface area contributed by atoms with Gasteiger partial charge in [0.15, 0.2) is 0 Å². The molecule has 0 amide bonds. The number of hydrogen-bond donors (Lipinski definition) is 1. The average Bonchev–Trinajstić information content (AvgIpc) is 3.24. The van der Waals surface area contributed by atoms with Gasteiger partial charge in [-0.3, -0.25) is 0 Å². The Balaban J connectivity index is 1.58. The number of nitrogens with zero attached hydrogens (tertiary/aromatic N) is 2. The van der Waals surface area contributed by atoms with Crippen LogP contribution >= 0.6 is 0 Å². The number of hydrogen-bond acceptors (Lipinski definition) is 6. The number of benzene rings is 2. The molecule has 4 rings (SSSR count). The van der Waals surface area contributed by atoms with Gasteiger partial charge in [0, 0.05) is 30.9 Å². The molecule has 1 N–H and O–H groups in total. The van der Waals surface area contributed by atoms with Crippen molar-refractivity contribution in [1.82, 2.24) is 4.31 Å². The lowest BCUT2D eigenvalue weighted by atomic mass is 10.1. The third-order valence-electron chi connectivity index (χ3n) is 6.85. The predicted octanol–water partition coefficient (Wildman–Crippen LogP) is 4.19. The number of rotatable bonds is 10. The van der Waals surface area contributed by atoms with Gasteiger partial charge in [0.25, 0.3) is 0 Å². The molecule has 7 nitrogen and oxygen atoms in total. The van der Waals surface area contributed by atoms with Crippen molar-refractivity contribution in [3.8, 4) is 5.75 Å². The van der Waals surface area contributed by atoms with Crippen LogP contribution in [0.2, 0.25) is 0 Å². The van der Waals surface area contributed by atoms with Crippen LogP contribution in [-0.2, 0) is 21.4 Å². The van der Waals surface area contributed by atoms with Gasteiger partial charge >= 0.3 is 0 Å². The van der Waals surface area contributed by atoms with Crippen LogP contribution in [0.3, 0.4) is 0 Å². The summed E-state index contributed by atoms with van der Waals surface area (Å²) < 4.78 is 41.5. The molecule has 0 aliphatic carbocycles. The third kappa shape index (κ3) is 6.36. The molecule has 2 aromatic rings. The number of anilines is 1. The van der Waals surface area contributed by atoms with E-state index in [1.54, 1.807) is 16.4 Å². The fourth-order valence-electron chi connectivity index (χ4n) is 4.84. The highest BCUT2D eigenvalue weighted by atomic mass is 32.2. The Morgan fingerprint density at radius 1 is 1.14 bits per heavy atom. The van der Waals surface area contributed by atoms with Crippen molar-refractivity contribution < 1.29 is 23.0 Å². The van der Waals surface area contributed by atoms with Crippen molar-refractivity contribution in [1.29, 1.82) is 0 Å². The minimum absolute atomic E-state index is 0.133. The summed E-state index contributed by atoms with van der Waals surface area (Å²) in [5, 5.41) is 9.95. The number of fused-ring (bicyclic) bond motifs is 1. The van der Waals surface area contributed by atoms with E-state index < -0.39 is 16.1 Å². The molecule has 2 aromatic carbocycles. The van der Waals surface area contributed by atoms with Crippen LogP contribution in [-0.4, -0.2) is 62.3 Å². The molecular formula is C27H38N2O5S. The Morgan fingerprint density at radius 2 is 1.94 bits per heavy atom. The van der Waals surface area contributed by atoms with Gasteiger partial charge in [0.1, 0.15) is 16.7 Å². The van der Waals surface area contributed by atoms with E-state index in [1.165, 1.54) is 0 Å². The number of aliphatic hydroxyl groups is 1. The van der Waals surface area contributed by atoms with Gasteiger partial charge in [-0.25, -0.2) is 8.42 Å². The first kappa shape index (κ1) is 25.9. The van der Waals surface area contributed by atoms with E-state index in [2.05, 4.69) is 11.8 Å². The SMILES string of the molecule is CCCCC[C@@H](C)N1C[C@@H](COCc2ccccc2)Oc2cc(N3CC[C@H](O)C3)ccc2S1(=O)=O. The Hall–Kier alpha value is -2.13. The van der Waals surface area contributed by atoms with Gasteiger partial charge in [0.2, 0.25) is 10.0 Å². The molecule has 0 radical (unpaired) electrons. The first-order valence-electron chi connectivity index (χ1n) is 12.8. The highest BCUT2D eigenvalue weighted by molar-refractivity contribution is 7.89.